The number of rotatable bonds is 9. The number of carbonyl (C=O) groups is 1. The zero-order valence-electron chi connectivity index (χ0n) is 14.1. The third-order valence-corrected chi connectivity index (χ3v) is 3.85. The Hall–Kier alpha value is -1.73. The molecule has 0 aliphatic carbocycles. The van der Waals surface area contributed by atoms with Gasteiger partial charge in [-0.25, -0.2) is 5.48 Å². The number of carbonyl (C=O) groups excluding carboxylic acids is 1. The standard InChI is InChI=1S/C18H25NO5/c1-18(2)22-12-17(24-18)10-16(4-3-9-23-19-13-21)15-7-5-14(11-20)6-8-15/h3-8,13,16-17,20H,9-12H2,1-2H3,(H,19,21)/t16?,17-/m1/s1. The van der Waals surface area contributed by atoms with E-state index in [-0.39, 0.29) is 25.2 Å². The van der Waals surface area contributed by atoms with Crippen LogP contribution in [0.15, 0.2) is 36.4 Å². The van der Waals surface area contributed by atoms with Crippen LogP contribution in [-0.4, -0.2) is 36.6 Å². The quantitative estimate of drug-likeness (QED) is 0.313. The summed E-state index contributed by atoms with van der Waals surface area (Å²) < 4.78 is 11.5. The zero-order valence-corrected chi connectivity index (χ0v) is 14.1. The lowest BCUT2D eigenvalue weighted by Gasteiger charge is -2.20. The molecule has 1 fully saturated rings. The molecule has 2 N–H and O–H groups in total. The predicted molar refractivity (Wildman–Crippen MR) is 88.9 cm³/mol. The van der Waals surface area contributed by atoms with Gasteiger partial charge in [-0.1, -0.05) is 36.4 Å². The highest BCUT2D eigenvalue weighted by molar-refractivity contribution is 5.43. The molecule has 132 valence electrons. The Morgan fingerprint density at radius 1 is 1.42 bits per heavy atom. The number of hydrogen-bond donors (Lipinski definition) is 2. The molecule has 0 radical (unpaired) electrons. The van der Waals surface area contributed by atoms with Crippen molar-refractivity contribution in [1.29, 1.82) is 0 Å². The van der Waals surface area contributed by atoms with Crippen molar-refractivity contribution < 1.29 is 24.2 Å². The number of allylic oxidation sites excluding steroid dienone is 1. The van der Waals surface area contributed by atoms with Crippen molar-refractivity contribution in [3.05, 3.63) is 47.5 Å². The smallest absolute Gasteiger partial charge is 0.230 e. The molecule has 1 aliphatic rings. The molecule has 0 spiro atoms. The van der Waals surface area contributed by atoms with Crippen LogP contribution in [0, 0.1) is 0 Å². The molecular weight excluding hydrogens is 310 g/mol. The van der Waals surface area contributed by atoms with Crippen molar-refractivity contribution in [2.24, 2.45) is 0 Å². The maximum atomic E-state index is 10.2. The molecule has 6 nitrogen and oxygen atoms in total. The number of benzene rings is 1. The molecule has 1 heterocycles. The van der Waals surface area contributed by atoms with Crippen LogP contribution in [0.5, 0.6) is 0 Å². The molecule has 2 atom stereocenters. The maximum absolute atomic E-state index is 10.2. The van der Waals surface area contributed by atoms with Crippen LogP contribution in [-0.2, 0) is 25.7 Å². The topological polar surface area (TPSA) is 77.0 Å². The summed E-state index contributed by atoms with van der Waals surface area (Å²) in [5.74, 6) is -0.420. The van der Waals surface area contributed by atoms with Crippen LogP contribution in [0.4, 0.5) is 0 Å². The zero-order chi connectivity index (χ0) is 17.4. The third kappa shape index (κ3) is 5.72. The van der Waals surface area contributed by atoms with E-state index in [0.717, 1.165) is 17.5 Å². The summed E-state index contributed by atoms with van der Waals surface area (Å²) in [6.45, 7) is 4.70. The predicted octanol–water partition coefficient (Wildman–Crippen LogP) is 2.04. The molecule has 6 heteroatoms. The van der Waals surface area contributed by atoms with E-state index in [1.165, 1.54) is 0 Å². The Kier molecular flexibility index (Phi) is 6.93. The van der Waals surface area contributed by atoms with E-state index in [1.54, 1.807) is 0 Å². The van der Waals surface area contributed by atoms with Crippen LogP contribution < -0.4 is 5.48 Å². The molecule has 1 amide bonds. The summed E-state index contributed by atoms with van der Waals surface area (Å²) in [5.41, 5.74) is 4.16. The molecule has 0 bridgehead atoms. The highest BCUT2D eigenvalue weighted by atomic mass is 16.7. The fourth-order valence-electron chi connectivity index (χ4n) is 2.71. The second-order valence-corrected chi connectivity index (χ2v) is 6.17. The second kappa shape index (κ2) is 8.94. The molecular formula is C18H25NO5. The van der Waals surface area contributed by atoms with Gasteiger partial charge in [0.15, 0.2) is 5.79 Å². The minimum Gasteiger partial charge on any atom is -0.392 e. The first-order valence-corrected chi connectivity index (χ1v) is 8.03. The normalized spacial score (nSPS) is 21.0. The Balaban J connectivity index is 2.03. The monoisotopic (exact) mass is 335 g/mol. The summed E-state index contributed by atoms with van der Waals surface area (Å²) in [6, 6.07) is 7.84. The van der Waals surface area contributed by atoms with E-state index in [2.05, 4.69) is 5.48 Å². The Morgan fingerprint density at radius 3 is 2.75 bits per heavy atom. The van der Waals surface area contributed by atoms with Gasteiger partial charge in [-0.2, -0.15) is 0 Å². The number of aliphatic hydroxyl groups is 1. The van der Waals surface area contributed by atoms with E-state index >= 15 is 0 Å². The van der Waals surface area contributed by atoms with Gasteiger partial charge in [-0.05, 0) is 31.4 Å². The van der Waals surface area contributed by atoms with Crippen LogP contribution in [0.25, 0.3) is 0 Å². The van der Waals surface area contributed by atoms with Crippen LogP contribution in [0.2, 0.25) is 0 Å². The van der Waals surface area contributed by atoms with Gasteiger partial charge >= 0.3 is 0 Å². The number of aliphatic hydroxyl groups excluding tert-OH is 1. The van der Waals surface area contributed by atoms with Crippen LogP contribution in [0.3, 0.4) is 0 Å². The minimum atomic E-state index is -0.545. The summed E-state index contributed by atoms with van der Waals surface area (Å²) in [4.78, 5) is 15.1. The van der Waals surface area contributed by atoms with E-state index in [1.807, 2.05) is 50.3 Å². The highest BCUT2D eigenvalue weighted by Gasteiger charge is 2.33. The lowest BCUT2D eigenvalue weighted by Crippen LogP contribution is -2.22. The van der Waals surface area contributed by atoms with Crippen molar-refractivity contribution in [3.63, 3.8) is 0 Å². The lowest BCUT2D eigenvalue weighted by atomic mass is 9.92. The van der Waals surface area contributed by atoms with Crippen LogP contribution in [0.1, 0.15) is 37.3 Å². The lowest BCUT2D eigenvalue weighted by molar-refractivity contribution is -0.139. The summed E-state index contributed by atoms with van der Waals surface area (Å²) in [5, 5.41) is 9.18. The van der Waals surface area contributed by atoms with Gasteiger partial charge in [0.2, 0.25) is 6.41 Å². The molecule has 1 aliphatic heterocycles. The van der Waals surface area contributed by atoms with E-state index in [0.29, 0.717) is 13.0 Å². The fourth-order valence-corrected chi connectivity index (χ4v) is 2.71. The van der Waals surface area contributed by atoms with Gasteiger partial charge in [-0.3, -0.25) is 9.63 Å². The molecule has 0 aromatic heterocycles. The average molecular weight is 335 g/mol. The Labute approximate surface area is 142 Å². The fraction of sp³-hybridized carbons (Fsp3) is 0.500. The van der Waals surface area contributed by atoms with Gasteiger partial charge in [0, 0.05) is 5.92 Å². The van der Waals surface area contributed by atoms with Crippen molar-refractivity contribution in [1.82, 2.24) is 5.48 Å². The number of ether oxygens (including phenoxy) is 2. The molecule has 1 unspecified atom stereocenters. The van der Waals surface area contributed by atoms with Crippen molar-refractivity contribution in [2.45, 2.75) is 44.7 Å². The first-order chi connectivity index (χ1) is 11.5. The average Bonchev–Trinajstić information content (AvgIpc) is 2.92. The van der Waals surface area contributed by atoms with Gasteiger partial charge in [-0.15, -0.1) is 0 Å². The van der Waals surface area contributed by atoms with Crippen LogP contribution >= 0.6 is 0 Å². The molecule has 2 rings (SSSR count). The van der Waals surface area contributed by atoms with Gasteiger partial charge in [0.25, 0.3) is 0 Å². The highest BCUT2D eigenvalue weighted by Crippen LogP contribution is 2.31. The summed E-state index contributed by atoms with van der Waals surface area (Å²) in [6.07, 6.45) is 5.18. The van der Waals surface area contributed by atoms with Gasteiger partial charge in [0.05, 0.1) is 25.9 Å². The van der Waals surface area contributed by atoms with Crippen molar-refractivity contribution in [3.8, 4) is 0 Å². The maximum Gasteiger partial charge on any atom is 0.230 e. The molecule has 0 saturated carbocycles. The second-order valence-electron chi connectivity index (χ2n) is 6.17. The van der Waals surface area contributed by atoms with E-state index < -0.39 is 5.79 Å². The molecule has 1 saturated heterocycles. The van der Waals surface area contributed by atoms with Gasteiger partial charge < -0.3 is 14.6 Å². The molecule has 1 aromatic rings. The molecule has 24 heavy (non-hydrogen) atoms. The van der Waals surface area contributed by atoms with Crippen molar-refractivity contribution in [2.75, 3.05) is 13.2 Å². The first-order valence-electron chi connectivity index (χ1n) is 8.03. The van der Waals surface area contributed by atoms with Gasteiger partial charge in [0.1, 0.15) is 0 Å². The van der Waals surface area contributed by atoms with E-state index in [4.69, 9.17) is 14.3 Å². The third-order valence-electron chi connectivity index (χ3n) is 3.85. The number of hydroxylamine groups is 1. The molecule has 1 aromatic carbocycles. The minimum absolute atomic E-state index is 0.0150. The summed E-state index contributed by atoms with van der Waals surface area (Å²) >= 11 is 0. The SMILES string of the molecule is CC1(C)OC[C@@H](CC(C=CCONC=O)c2ccc(CO)cc2)O1. The Morgan fingerprint density at radius 2 is 2.17 bits per heavy atom. The summed E-state index contributed by atoms with van der Waals surface area (Å²) in [7, 11) is 0. The Bertz CT molecular complexity index is 541. The first kappa shape index (κ1) is 18.6. The largest absolute Gasteiger partial charge is 0.392 e. The number of nitrogens with one attached hydrogen (secondary N) is 1. The number of hydrogen-bond acceptors (Lipinski definition) is 5. The van der Waals surface area contributed by atoms with E-state index in [9.17, 15) is 9.90 Å². The number of amides is 1. The van der Waals surface area contributed by atoms with Crippen molar-refractivity contribution >= 4 is 6.41 Å².